The SMILES string of the molecule is CN(C)c1ccc2c(-c3c(Cl)cc(C(=O)NC/C=C/C=C/C(=O)NCc4c(O)ccc5c(-c6ccc(C(=O)O)cc6C(=O)O)c6ccc(=O)cc-6oc45)c(Cl)c3C(=O)O)c3ccc(=N)cc-3oc2c1. The van der Waals surface area contributed by atoms with E-state index in [1.807, 2.05) is 25.1 Å². The van der Waals surface area contributed by atoms with E-state index in [9.17, 15) is 49.2 Å². The molecule has 18 heteroatoms. The molecule has 4 aromatic carbocycles. The van der Waals surface area contributed by atoms with Gasteiger partial charge in [-0.2, -0.15) is 0 Å². The maximum absolute atomic E-state index is 13.5. The summed E-state index contributed by atoms with van der Waals surface area (Å²) in [6, 6.07) is 21.6. The maximum atomic E-state index is 13.5. The van der Waals surface area contributed by atoms with Gasteiger partial charge in [0.15, 0.2) is 5.43 Å². The summed E-state index contributed by atoms with van der Waals surface area (Å²) in [4.78, 5) is 77.7. The lowest BCUT2D eigenvalue weighted by Crippen LogP contribution is -2.24. The molecule has 7 N–H and O–H groups in total. The average Bonchev–Trinajstić information content (AvgIpc) is 3.30. The highest BCUT2D eigenvalue weighted by molar-refractivity contribution is 6.41. The highest BCUT2D eigenvalue weighted by Crippen LogP contribution is 2.47. The Labute approximate surface area is 399 Å². The van der Waals surface area contributed by atoms with Gasteiger partial charge in [0, 0.05) is 89.2 Å². The molecule has 346 valence electrons. The minimum absolute atomic E-state index is 0.0215. The quantitative estimate of drug-likeness (QED) is 0.0324. The molecule has 2 heterocycles. The molecular formula is C51H36Cl2N4O12. The molecule has 0 saturated carbocycles. The minimum Gasteiger partial charge on any atom is -0.507 e. The zero-order valence-electron chi connectivity index (χ0n) is 36.1. The minimum atomic E-state index is -1.45. The summed E-state index contributed by atoms with van der Waals surface area (Å²) >= 11 is 13.6. The Morgan fingerprint density at radius 3 is 2.14 bits per heavy atom. The van der Waals surface area contributed by atoms with Gasteiger partial charge in [-0.25, -0.2) is 14.4 Å². The number of anilines is 1. The molecule has 0 spiro atoms. The first-order valence-corrected chi connectivity index (χ1v) is 21.4. The number of amides is 2. The molecule has 0 radical (unpaired) electrons. The van der Waals surface area contributed by atoms with Crippen molar-refractivity contribution in [3.63, 3.8) is 0 Å². The van der Waals surface area contributed by atoms with Crippen molar-refractivity contribution >= 4 is 80.6 Å². The van der Waals surface area contributed by atoms with Crippen molar-refractivity contribution in [1.29, 1.82) is 5.41 Å². The van der Waals surface area contributed by atoms with E-state index in [4.69, 9.17) is 37.4 Å². The number of halogens is 2. The molecule has 2 amide bonds. The number of allylic oxidation sites excluding steroid dienone is 2. The van der Waals surface area contributed by atoms with E-state index in [1.165, 1.54) is 78.9 Å². The van der Waals surface area contributed by atoms with Gasteiger partial charge in [0.05, 0.1) is 49.8 Å². The lowest BCUT2D eigenvalue weighted by Gasteiger charge is -2.21. The Kier molecular flexibility index (Phi) is 12.8. The number of rotatable bonds is 13. The van der Waals surface area contributed by atoms with Gasteiger partial charge in [0.2, 0.25) is 5.91 Å². The number of carboxylic acids is 3. The van der Waals surface area contributed by atoms with Crippen molar-refractivity contribution in [2.75, 3.05) is 25.5 Å². The van der Waals surface area contributed by atoms with Gasteiger partial charge in [0.25, 0.3) is 5.91 Å². The summed E-state index contributed by atoms with van der Waals surface area (Å²) < 4.78 is 12.3. The standard InChI is InChI=1S/C51H36Cl2N4O12/c1-57(2)26-9-13-31-39(20-26)68-38-19-25(54)8-12-30(38)43(31)44-36(52)22-34(46(53)45(44)51(66)67)48(61)55-17-5-3-4-6-41(60)56-23-35-37(59)16-15-32-42(29-14-10-27(58)21-40(29)69-47(32)35)28-11-7-24(49(62)63)18-33(28)50(64)65/h3-16,18-22,54,59H,17,23H2,1-2H3,(H,55,61)(H,56,60)(H,62,63)(H,64,65)(H,66,67)/b5-3+,6-4+,54-25?. The first kappa shape index (κ1) is 46.8. The van der Waals surface area contributed by atoms with Crippen molar-refractivity contribution in [2.24, 2.45) is 0 Å². The van der Waals surface area contributed by atoms with Crippen LogP contribution in [-0.2, 0) is 11.3 Å². The Morgan fingerprint density at radius 1 is 0.710 bits per heavy atom. The first-order chi connectivity index (χ1) is 32.9. The third-order valence-corrected chi connectivity index (χ3v) is 11.9. The number of benzene rings is 6. The van der Waals surface area contributed by atoms with E-state index < -0.39 is 40.7 Å². The summed E-state index contributed by atoms with van der Waals surface area (Å²) in [5.74, 6) is -5.50. The number of carbonyl (C=O) groups is 5. The molecule has 4 aromatic rings. The van der Waals surface area contributed by atoms with Crippen molar-refractivity contribution in [3.8, 4) is 50.7 Å². The maximum Gasteiger partial charge on any atom is 0.337 e. The van der Waals surface area contributed by atoms with Crippen LogP contribution in [-0.4, -0.2) is 70.8 Å². The van der Waals surface area contributed by atoms with Crippen molar-refractivity contribution in [1.82, 2.24) is 10.6 Å². The van der Waals surface area contributed by atoms with Crippen LogP contribution < -0.4 is 26.3 Å². The van der Waals surface area contributed by atoms with Crippen LogP contribution in [0.4, 0.5) is 5.69 Å². The van der Waals surface area contributed by atoms with Crippen LogP contribution in [0, 0.1) is 5.41 Å². The van der Waals surface area contributed by atoms with Gasteiger partial charge in [-0.15, -0.1) is 0 Å². The zero-order valence-corrected chi connectivity index (χ0v) is 37.7. The molecule has 8 rings (SSSR count). The van der Waals surface area contributed by atoms with E-state index >= 15 is 0 Å². The monoisotopic (exact) mass is 966 g/mol. The third-order valence-electron chi connectivity index (χ3n) is 11.2. The number of nitrogens with zero attached hydrogens (tertiary/aromatic N) is 1. The number of phenols is 1. The van der Waals surface area contributed by atoms with Gasteiger partial charge < -0.3 is 50.2 Å². The summed E-state index contributed by atoms with van der Waals surface area (Å²) in [5, 5.41) is 55.1. The lowest BCUT2D eigenvalue weighted by molar-refractivity contribution is -0.116. The van der Waals surface area contributed by atoms with Gasteiger partial charge in [-0.3, -0.25) is 14.4 Å². The van der Waals surface area contributed by atoms with E-state index in [2.05, 4.69) is 10.6 Å². The number of hydrogen-bond donors (Lipinski definition) is 7. The number of carbonyl (C=O) groups excluding carboxylic acids is 2. The van der Waals surface area contributed by atoms with Crippen molar-refractivity contribution < 1.29 is 53.2 Å². The van der Waals surface area contributed by atoms with Crippen LogP contribution in [0.15, 0.2) is 129 Å². The van der Waals surface area contributed by atoms with Crippen LogP contribution in [0.25, 0.3) is 66.8 Å². The highest BCUT2D eigenvalue weighted by atomic mass is 35.5. The molecule has 2 aliphatic heterocycles. The van der Waals surface area contributed by atoms with Crippen LogP contribution >= 0.6 is 23.2 Å². The normalized spacial score (nSPS) is 11.5. The van der Waals surface area contributed by atoms with Crippen molar-refractivity contribution in [2.45, 2.75) is 6.54 Å². The summed E-state index contributed by atoms with van der Waals surface area (Å²) in [5.41, 5.74) is 1.28. The Balaban J connectivity index is 1.00. The van der Waals surface area contributed by atoms with E-state index in [-0.39, 0.29) is 84.5 Å². The largest absolute Gasteiger partial charge is 0.507 e. The molecule has 0 atom stereocenters. The van der Waals surface area contributed by atoms with E-state index in [1.54, 1.807) is 18.2 Å². The second-order valence-corrected chi connectivity index (χ2v) is 16.5. The predicted molar refractivity (Wildman–Crippen MR) is 258 cm³/mol. The second kappa shape index (κ2) is 18.9. The van der Waals surface area contributed by atoms with E-state index in [0.717, 1.165) is 17.8 Å². The van der Waals surface area contributed by atoms with Gasteiger partial charge in [-0.1, -0.05) is 47.5 Å². The van der Waals surface area contributed by atoms with Crippen LogP contribution in [0.1, 0.15) is 47.0 Å². The van der Waals surface area contributed by atoms with Crippen LogP contribution in [0.3, 0.4) is 0 Å². The summed E-state index contributed by atoms with van der Waals surface area (Å²) in [6.45, 7) is -0.380. The lowest BCUT2D eigenvalue weighted by atomic mass is 9.89. The molecule has 4 aliphatic rings. The molecule has 69 heavy (non-hydrogen) atoms. The Hall–Kier alpha value is -8.73. The van der Waals surface area contributed by atoms with Crippen LogP contribution in [0.2, 0.25) is 10.0 Å². The first-order valence-electron chi connectivity index (χ1n) is 20.6. The number of fused-ring (bicyclic) bond motifs is 4. The fraction of sp³-hybridized carbons (Fsp3) is 0.0784. The number of hydrogen-bond acceptors (Lipinski definition) is 11. The highest BCUT2D eigenvalue weighted by Gasteiger charge is 2.30. The van der Waals surface area contributed by atoms with Crippen molar-refractivity contribution in [3.05, 3.63) is 169 Å². The molecule has 2 aliphatic carbocycles. The summed E-state index contributed by atoms with van der Waals surface area (Å²) in [7, 11) is 3.70. The molecule has 0 fully saturated rings. The molecule has 0 unspecified atom stereocenters. The molecule has 0 saturated heterocycles. The topological polar surface area (TPSA) is 261 Å². The fourth-order valence-electron chi connectivity index (χ4n) is 7.95. The van der Waals surface area contributed by atoms with Gasteiger partial charge in [0.1, 0.15) is 28.4 Å². The average molecular weight is 968 g/mol. The molecule has 0 bridgehead atoms. The number of carboxylic acid groups (broad SMARTS) is 3. The number of phenolic OH excluding ortho intramolecular Hbond substituents is 1. The van der Waals surface area contributed by atoms with E-state index in [0.29, 0.717) is 38.8 Å². The van der Waals surface area contributed by atoms with Gasteiger partial charge in [-0.05, 0) is 72.3 Å². The summed E-state index contributed by atoms with van der Waals surface area (Å²) in [6.07, 6.45) is 5.49. The number of aromatic hydroxyl groups is 1. The molecule has 16 nitrogen and oxygen atoms in total. The molecule has 0 aromatic heterocycles. The molecular weight excluding hydrogens is 931 g/mol. The number of aromatic carboxylic acids is 3. The Morgan fingerprint density at radius 2 is 1.42 bits per heavy atom. The third kappa shape index (κ3) is 9.09. The predicted octanol–water partition coefficient (Wildman–Crippen LogP) is 8.89. The Bertz CT molecular complexity index is 3610. The van der Waals surface area contributed by atoms with Gasteiger partial charge >= 0.3 is 17.9 Å². The zero-order chi connectivity index (χ0) is 49.4. The second-order valence-electron chi connectivity index (χ2n) is 15.7. The fourth-order valence-corrected chi connectivity index (χ4v) is 8.56. The number of nitrogens with one attached hydrogen (secondary N) is 3. The van der Waals surface area contributed by atoms with Crippen LogP contribution in [0.5, 0.6) is 5.75 Å². The smallest absolute Gasteiger partial charge is 0.337 e.